The monoisotopic (exact) mass is 222 g/mol. The number of epoxide rings is 1. The van der Waals surface area contributed by atoms with E-state index < -0.39 is 0 Å². The molecule has 0 N–H and O–H groups in total. The zero-order chi connectivity index (χ0) is 11.2. The first-order valence-electron chi connectivity index (χ1n) is 6.40. The molecule has 3 nitrogen and oxygen atoms in total. The van der Waals surface area contributed by atoms with E-state index in [2.05, 4.69) is 13.8 Å². The summed E-state index contributed by atoms with van der Waals surface area (Å²) >= 11 is 0. The molecule has 0 amide bonds. The average Bonchev–Trinajstić information content (AvgIpc) is 2.59. The van der Waals surface area contributed by atoms with E-state index in [4.69, 9.17) is 9.47 Å². The van der Waals surface area contributed by atoms with Crippen molar-refractivity contribution in [1.82, 2.24) is 0 Å². The van der Waals surface area contributed by atoms with Crippen molar-refractivity contribution in [2.45, 2.75) is 63.3 Å². The van der Waals surface area contributed by atoms with Gasteiger partial charge in [-0.25, -0.2) is 0 Å². The molecule has 0 radical (unpaired) electrons. The molecule has 0 unspecified atom stereocenters. The molecule has 3 heteroatoms. The zero-order valence-electron chi connectivity index (χ0n) is 9.91. The van der Waals surface area contributed by atoms with Crippen LogP contribution < -0.4 is 0 Å². The molecule has 2 aliphatic carbocycles. The van der Waals surface area contributed by atoms with E-state index in [-0.39, 0.29) is 28.7 Å². The summed E-state index contributed by atoms with van der Waals surface area (Å²) in [5.41, 5.74) is 0.106. The molecule has 2 aliphatic heterocycles. The predicted octanol–water partition coefficient (Wildman–Crippen LogP) is 2.04. The number of fused-ring (bicyclic) bond motifs is 1. The Labute approximate surface area is 95.5 Å². The van der Waals surface area contributed by atoms with Crippen molar-refractivity contribution < 1.29 is 14.3 Å². The summed E-state index contributed by atoms with van der Waals surface area (Å²) in [5, 5.41) is 0. The van der Waals surface area contributed by atoms with Crippen LogP contribution in [0.4, 0.5) is 0 Å². The third-order valence-corrected chi connectivity index (χ3v) is 5.49. The fourth-order valence-corrected chi connectivity index (χ4v) is 4.90. The fourth-order valence-electron chi connectivity index (χ4n) is 4.90. The van der Waals surface area contributed by atoms with Gasteiger partial charge >= 0.3 is 5.97 Å². The first kappa shape index (κ1) is 9.46. The highest BCUT2D eigenvalue weighted by atomic mass is 16.7. The Bertz CT molecular complexity index is 389. The second kappa shape index (κ2) is 2.33. The van der Waals surface area contributed by atoms with Gasteiger partial charge in [-0.1, -0.05) is 13.8 Å². The van der Waals surface area contributed by atoms with Crippen molar-refractivity contribution in [3.05, 3.63) is 0 Å². The molecule has 0 bridgehead atoms. The standard InChI is InChI=1S/C13H18O3/c1-11(2)4-3-5-12-7-8-6-9(14)15-10(8)13(11,12)16-12/h8,10H,3-7H2,1-2H3/t8-,10-,12-,13-/m0/s1. The van der Waals surface area contributed by atoms with Crippen LogP contribution in [0, 0.1) is 11.3 Å². The van der Waals surface area contributed by atoms with Crippen LogP contribution in [-0.4, -0.2) is 23.3 Å². The van der Waals surface area contributed by atoms with Crippen LogP contribution in [0.2, 0.25) is 0 Å². The number of rotatable bonds is 0. The lowest BCUT2D eigenvalue weighted by molar-refractivity contribution is -0.146. The summed E-state index contributed by atoms with van der Waals surface area (Å²) in [6.07, 6.45) is 5.33. The SMILES string of the molecule is CC1(C)CCC[C@]23C[C@@H]4CC(=O)O[C@@H]4[C@]12O3. The topological polar surface area (TPSA) is 38.8 Å². The van der Waals surface area contributed by atoms with Gasteiger partial charge in [0.15, 0.2) is 0 Å². The Morgan fingerprint density at radius 1 is 1.31 bits per heavy atom. The van der Waals surface area contributed by atoms with Gasteiger partial charge < -0.3 is 9.47 Å². The Morgan fingerprint density at radius 2 is 2.12 bits per heavy atom. The minimum Gasteiger partial charge on any atom is -0.459 e. The Balaban J connectivity index is 1.80. The van der Waals surface area contributed by atoms with Crippen LogP contribution in [-0.2, 0) is 14.3 Å². The van der Waals surface area contributed by atoms with Crippen LogP contribution in [0.25, 0.3) is 0 Å². The molecule has 2 saturated carbocycles. The van der Waals surface area contributed by atoms with E-state index in [0.29, 0.717) is 12.3 Å². The first-order chi connectivity index (χ1) is 7.51. The maximum absolute atomic E-state index is 11.4. The molecule has 0 aromatic carbocycles. The summed E-state index contributed by atoms with van der Waals surface area (Å²) in [7, 11) is 0. The van der Waals surface area contributed by atoms with Gasteiger partial charge in [-0.2, -0.15) is 0 Å². The zero-order valence-corrected chi connectivity index (χ0v) is 9.91. The molecule has 16 heavy (non-hydrogen) atoms. The molecule has 2 saturated heterocycles. The second-order valence-corrected chi connectivity index (χ2v) is 6.65. The minimum absolute atomic E-state index is 0.0187. The highest BCUT2D eigenvalue weighted by Crippen LogP contribution is 2.75. The number of esters is 1. The summed E-state index contributed by atoms with van der Waals surface area (Å²) in [4.78, 5) is 11.4. The minimum atomic E-state index is -0.130. The molecule has 88 valence electrons. The lowest BCUT2D eigenvalue weighted by Crippen LogP contribution is -2.48. The molecule has 4 rings (SSSR count). The lowest BCUT2D eigenvalue weighted by atomic mass is 9.64. The molecule has 4 aliphatic rings. The molecule has 4 atom stereocenters. The Morgan fingerprint density at radius 3 is 2.94 bits per heavy atom. The summed E-state index contributed by atoms with van der Waals surface area (Å²) in [5.74, 6) is 0.411. The number of carbonyl (C=O) groups excluding carboxylic acids is 1. The second-order valence-electron chi connectivity index (χ2n) is 6.65. The van der Waals surface area contributed by atoms with Crippen LogP contribution in [0.5, 0.6) is 0 Å². The van der Waals surface area contributed by atoms with Gasteiger partial charge in [-0.3, -0.25) is 4.79 Å². The molecule has 4 fully saturated rings. The van der Waals surface area contributed by atoms with Crippen molar-refractivity contribution in [2.24, 2.45) is 11.3 Å². The number of ether oxygens (including phenoxy) is 2. The van der Waals surface area contributed by atoms with Crippen molar-refractivity contribution in [1.29, 1.82) is 0 Å². The van der Waals surface area contributed by atoms with Gasteiger partial charge in [0.25, 0.3) is 0 Å². The van der Waals surface area contributed by atoms with Crippen molar-refractivity contribution in [3.63, 3.8) is 0 Å². The van der Waals surface area contributed by atoms with Crippen molar-refractivity contribution >= 4 is 5.97 Å². The van der Waals surface area contributed by atoms with Gasteiger partial charge in [-0.05, 0) is 25.7 Å². The van der Waals surface area contributed by atoms with Crippen molar-refractivity contribution in [2.75, 3.05) is 0 Å². The maximum Gasteiger partial charge on any atom is 0.306 e. The highest BCUT2D eigenvalue weighted by Gasteiger charge is 2.86. The van der Waals surface area contributed by atoms with E-state index in [0.717, 1.165) is 6.42 Å². The van der Waals surface area contributed by atoms with Gasteiger partial charge in [0.05, 0.1) is 6.42 Å². The number of hydrogen-bond acceptors (Lipinski definition) is 3. The van der Waals surface area contributed by atoms with Crippen molar-refractivity contribution in [3.8, 4) is 0 Å². The highest BCUT2D eigenvalue weighted by molar-refractivity contribution is 5.73. The first-order valence-corrected chi connectivity index (χ1v) is 6.40. The van der Waals surface area contributed by atoms with E-state index in [9.17, 15) is 4.79 Å². The number of hydrogen-bond donors (Lipinski definition) is 0. The molecule has 0 aromatic rings. The third kappa shape index (κ3) is 0.755. The van der Waals surface area contributed by atoms with E-state index in [1.165, 1.54) is 19.3 Å². The summed E-state index contributed by atoms with van der Waals surface area (Å²) in [6, 6.07) is 0. The van der Waals surface area contributed by atoms with Crippen LogP contribution in [0.1, 0.15) is 46.0 Å². The number of carbonyl (C=O) groups is 1. The largest absolute Gasteiger partial charge is 0.459 e. The summed E-state index contributed by atoms with van der Waals surface area (Å²) < 4.78 is 11.8. The maximum atomic E-state index is 11.4. The smallest absolute Gasteiger partial charge is 0.306 e. The molecular formula is C13H18O3. The van der Waals surface area contributed by atoms with Crippen LogP contribution in [0.15, 0.2) is 0 Å². The Hall–Kier alpha value is -0.570. The van der Waals surface area contributed by atoms with Gasteiger partial charge in [0, 0.05) is 11.3 Å². The Kier molecular flexibility index (Phi) is 1.38. The van der Waals surface area contributed by atoms with Gasteiger partial charge in [0.2, 0.25) is 0 Å². The van der Waals surface area contributed by atoms with Gasteiger partial charge in [-0.15, -0.1) is 0 Å². The van der Waals surface area contributed by atoms with Crippen LogP contribution >= 0.6 is 0 Å². The molecule has 0 spiro atoms. The van der Waals surface area contributed by atoms with Crippen LogP contribution in [0.3, 0.4) is 0 Å². The average molecular weight is 222 g/mol. The molecule has 2 heterocycles. The van der Waals surface area contributed by atoms with E-state index >= 15 is 0 Å². The molecule has 0 aromatic heterocycles. The van der Waals surface area contributed by atoms with Gasteiger partial charge in [0.1, 0.15) is 17.3 Å². The lowest BCUT2D eigenvalue weighted by Gasteiger charge is -2.38. The third-order valence-electron chi connectivity index (χ3n) is 5.49. The quantitative estimate of drug-likeness (QED) is 0.465. The molecular weight excluding hydrogens is 204 g/mol. The van der Waals surface area contributed by atoms with E-state index in [1.807, 2.05) is 0 Å². The fraction of sp³-hybridized carbons (Fsp3) is 0.923. The predicted molar refractivity (Wildman–Crippen MR) is 56.8 cm³/mol. The normalized spacial score (nSPS) is 56.2. The summed E-state index contributed by atoms with van der Waals surface area (Å²) in [6.45, 7) is 4.56. The van der Waals surface area contributed by atoms with E-state index in [1.54, 1.807) is 0 Å².